The van der Waals surface area contributed by atoms with Crippen LogP contribution in [-0.4, -0.2) is 46.4 Å². The Labute approximate surface area is 137 Å². The van der Waals surface area contributed by atoms with Gasteiger partial charge in [0.1, 0.15) is 5.82 Å². The Morgan fingerprint density at radius 1 is 1.26 bits per heavy atom. The summed E-state index contributed by atoms with van der Waals surface area (Å²) < 4.78 is 0. The molecule has 2 saturated heterocycles. The van der Waals surface area contributed by atoms with Crippen LogP contribution in [0, 0.1) is 5.41 Å². The van der Waals surface area contributed by atoms with Gasteiger partial charge >= 0.3 is 0 Å². The number of hydrogen-bond donors (Lipinski definition) is 1. The Kier molecular flexibility index (Phi) is 3.76. The number of aromatic nitrogens is 1. The highest BCUT2D eigenvalue weighted by Crippen LogP contribution is 2.43. The van der Waals surface area contributed by atoms with Gasteiger partial charge in [0.05, 0.1) is 0 Å². The molecule has 23 heavy (non-hydrogen) atoms. The summed E-state index contributed by atoms with van der Waals surface area (Å²) in [6.07, 6.45) is 8.41. The maximum atomic E-state index is 12.1. The molecular formula is C18H26N4O. The summed E-state index contributed by atoms with van der Waals surface area (Å²) in [7, 11) is 0. The van der Waals surface area contributed by atoms with Crippen molar-refractivity contribution in [3.63, 3.8) is 0 Å². The molecule has 1 aromatic rings. The summed E-state index contributed by atoms with van der Waals surface area (Å²) in [5.74, 6) is 1.04. The molecule has 1 amide bonds. The lowest BCUT2D eigenvalue weighted by molar-refractivity contribution is -0.139. The minimum absolute atomic E-state index is 0.369. The van der Waals surface area contributed by atoms with Gasteiger partial charge < -0.3 is 10.6 Å². The molecule has 5 heteroatoms. The van der Waals surface area contributed by atoms with E-state index in [-0.39, 0.29) is 0 Å². The fraction of sp³-hybridized carbons (Fsp3) is 0.667. The molecule has 1 saturated carbocycles. The quantitative estimate of drug-likeness (QED) is 0.927. The number of nitrogens with two attached hydrogens (primary N) is 1. The van der Waals surface area contributed by atoms with Gasteiger partial charge in [0.15, 0.2) is 0 Å². The number of hydrogen-bond acceptors (Lipinski definition) is 4. The first-order chi connectivity index (χ1) is 11.2. The molecule has 1 spiro atoms. The summed E-state index contributed by atoms with van der Waals surface area (Å²) in [6.45, 7) is 4.09. The Morgan fingerprint density at radius 2 is 2.04 bits per heavy atom. The number of carbonyl (C=O) groups excluding carboxylic acids is 1. The molecule has 1 aromatic heterocycles. The van der Waals surface area contributed by atoms with Crippen molar-refractivity contribution in [3.8, 4) is 0 Å². The molecule has 2 aliphatic heterocycles. The lowest BCUT2D eigenvalue weighted by Gasteiger charge is -2.47. The van der Waals surface area contributed by atoms with E-state index >= 15 is 0 Å². The topological polar surface area (TPSA) is 62.5 Å². The van der Waals surface area contributed by atoms with Crippen molar-refractivity contribution < 1.29 is 4.79 Å². The number of rotatable bonds is 3. The number of carbonyl (C=O) groups is 1. The van der Waals surface area contributed by atoms with Crippen LogP contribution in [0.1, 0.15) is 44.1 Å². The molecule has 3 heterocycles. The van der Waals surface area contributed by atoms with E-state index in [1.54, 1.807) is 6.20 Å². The Bertz CT molecular complexity index is 590. The van der Waals surface area contributed by atoms with E-state index in [9.17, 15) is 4.79 Å². The van der Waals surface area contributed by atoms with Crippen molar-refractivity contribution in [2.24, 2.45) is 5.41 Å². The number of nitrogens with zero attached hydrogens (tertiary/aromatic N) is 3. The molecule has 0 radical (unpaired) electrons. The molecule has 124 valence electrons. The second-order valence-electron chi connectivity index (χ2n) is 7.58. The molecule has 1 aliphatic carbocycles. The van der Waals surface area contributed by atoms with Crippen molar-refractivity contribution in [2.75, 3.05) is 25.4 Å². The number of anilines is 1. The van der Waals surface area contributed by atoms with Gasteiger partial charge in [-0.15, -0.1) is 0 Å². The first-order valence-corrected chi connectivity index (χ1v) is 8.86. The smallest absolute Gasteiger partial charge is 0.222 e. The largest absolute Gasteiger partial charge is 0.383 e. The minimum Gasteiger partial charge on any atom is -0.383 e. The maximum Gasteiger partial charge on any atom is 0.222 e. The van der Waals surface area contributed by atoms with Crippen LogP contribution in [0.25, 0.3) is 0 Å². The highest BCUT2D eigenvalue weighted by molar-refractivity contribution is 5.77. The number of piperidine rings is 2. The third-order valence-electron chi connectivity index (χ3n) is 5.92. The van der Waals surface area contributed by atoms with Gasteiger partial charge in [-0.1, -0.05) is 6.07 Å². The second-order valence-corrected chi connectivity index (χ2v) is 7.58. The third kappa shape index (κ3) is 3.07. The van der Waals surface area contributed by atoms with Crippen molar-refractivity contribution in [3.05, 3.63) is 23.9 Å². The molecule has 4 rings (SSSR count). The molecule has 3 fully saturated rings. The first kappa shape index (κ1) is 14.9. The Morgan fingerprint density at radius 3 is 2.74 bits per heavy atom. The standard InChI is InChI=1S/C18H26N4O/c19-17-14(2-1-9-20-17)12-21-10-7-18(8-11-21)6-5-16(23)22(13-18)15-3-4-15/h1-2,9,15H,3-8,10-13H2,(H2,19,20). The molecule has 0 unspecified atom stereocenters. The molecule has 0 atom stereocenters. The zero-order valence-electron chi connectivity index (χ0n) is 13.7. The molecule has 3 aliphatic rings. The van der Waals surface area contributed by atoms with E-state index in [1.165, 1.54) is 25.7 Å². The van der Waals surface area contributed by atoms with Gasteiger partial charge in [-0.2, -0.15) is 0 Å². The van der Waals surface area contributed by atoms with Gasteiger partial charge in [0.25, 0.3) is 0 Å². The summed E-state index contributed by atoms with van der Waals surface area (Å²) in [5, 5.41) is 0. The Balaban J connectivity index is 1.37. The van der Waals surface area contributed by atoms with Gasteiger partial charge in [-0.25, -0.2) is 4.98 Å². The van der Waals surface area contributed by atoms with Crippen molar-refractivity contribution in [1.29, 1.82) is 0 Å². The van der Waals surface area contributed by atoms with Crippen molar-refractivity contribution >= 4 is 11.7 Å². The van der Waals surface area contributed by atoms with Gasteiger partial charge in [0, 0.05) is 37.3 Å². The molecule has 0 aromatic carbocycles. The van der Waals surface area contributed by atoms with E-state index in [0.29, 0.717) is 23.2 Å². The summed E-state index contributed by atoms with van der Waals surface area (Å²) in [6, 6.07) is 4.59. The fourth-order valence-electron chi connectivity index (χ4n) is 4.18. The number of amides is 1. The van der Waals surface area contributed by atoms with E-state index < -0.39 is 0 Å². The average Bonchev–Trinajstić information content (AvgIpc) is 3.39. The zero-order chi connectivity index (χ0) is 15.9. The van der Waals surface area contributed by atoms with Gasteiger partial charge in [0.2, 0.25) is 5.91 Å². The lowest BCUT2D eigenvalue weighted by atomic mass is 9.72. The van der Waals surface area contributed by atoms with E-state index in [4.69, 9.17) is 5.73 Å². The minimum atomic E-state index is 0.369. The van der Waals surface area contributed by atoms with Crippen LogP contribution in [-0.2, 0) is 11.3 Å². The third-order valence-corrected chi connectivity index (χ3v) is 5.92. The van der Waals surface area contributed by atoms with Gasteiger partial charge in [-0.3, -0.25) is 9.69 Å². The van der Waals surface area contributed by atoms with Crippen molar-refractivity contribution in [1.82, 2.24) is 14.8 Å². The lowest BCUT2D eigenvalue weighted by Crippen LogP contribution is -2.52. The van der Waals surface area contributed by atoms with Crippen LogP contribution in [0.15, 0.2) is 18.3 Å². The van der Waals surface area contributed by atoms with Crippen LogP contribution in [0.5, 0.6) is 0 Å². The normalized spacial score (nSPS) is 25.0. The van der Waals surface area contributed by atoms with Crippen LogP contribution in [0.2, 0.25) is 0 Å². The van der Waals surface area contributed by atoms with Crippen LogP contribution < -0.4 is 5.73 Å². The summed E-state index contributed by atoms with van der Waals surface area (Å²) in [5.41, 5.74) is 7.46. The second kappa shape index (κ2) is 5.78. The monoisotopic (exact) mass is 314 g/mol. The summed E-state index contributed by atoms with van der Waals surface area (Å²) >= 11 is 0. The molecule has 2 N–H and O–H groups in total. The number of likely N-dealkylation sites (tertiary alicyclic amines) is 2. The summed E-state index contributed by atoms with van der Waals surface area (Å²) in [4.78, 5) is 21.0. The first-order valence-electron chi connectivity index (χ1n) is 8.86. The van der Waals surface area contributed by atoms with Crippen molar-refractivity contribution in [2.45, 2.75) is 51.1 Å². The average molecular weight is 314 g/mol. The predicted octanol–water partition coefficient (Wildman–Crippen LogP) is 2.03. The van der Waals surface area contributed by atoms with Crippen LogP contribution >= 0.6 is 0 Å². The number of nitrogen functional groups attached to an aromatic ring is 1. The highest BCUT2D eigenvalue weighted by atomic mass is 16.2. The van der Waals surface area contributed by atoms with E-state index in [2.05, 4.69) is 20.9 Å². The Hall–Kier alpha value is -1.62. The molecular weight excluding hydrogens is 288 g/mol. The maximum absolute atomic E-state index is 12.1. The highest BCUT2D eigenvalue weighted by Gasteiger charge is 2.44. The van der Waals surface area contributed by atoms with E-state index in [1.807, 2.05) is 6.07 Å². The van der Waals surface area contributed by atoms with Crippen LogP contribution in [0.4, 0.5) is 5.82 Å². The zero-order valence-corrected chi connectivity index (χ0v) is 13.7. The predicted molar refractivity (Wildman–Crippen MR) is 89.6 cm³/mol. The van der Waals surface area contributed by atoms with E-state index in [0.717, 1.165) is 44.6 Å². The van der Waals surface area contributed by atoms with Crippen LogP contribution in [0.3, 0.4) is 0 Å². The number of pyridine rings is 1. The SMILES string of the molecule is Nc1ncccc1CN1CCC2(CCC(=O)N(C3CC3)C2)CC1. The van der Waals surface area contributed by atoms with Gasteiger partial charge in [-0.05, 0) is 56.7 Å². The fourth-order valence-corrected chi connectivity index (χ4v) is 4.18. The molecule has 0 bridgehead atoms. The molecule has 5 nitrogen and oxygen atoms in total.